The SMILES string of the molecule is CC(C)(N)C(C)(C)C(=O)NCc1nc(C(=O)O)cs1. The van der Waals surface area contributed by atoms with Crippen LogP contribution in [0.2, 0.25) is 0 Å². The van der Waals surface area contributed by atoms with Gasteiger partial charge in [0, 0.05) is 10.9 Å². The third-order valence-electron chi connectivity index (χ3n) is 3.35. The van der Waals surface area contributed by atoms with Gasteiger partial charge in [-0.2, -0.15) is 0 Å². The highest BCUT2D eigenvalue weighted by Gasteiger charge is 2.40. The van der Waals surface area contributed by atoms with Gasteiger partial charge in [0.2, 0.25) is 5.91 Å². The number of nitrogens with one attached hydrogen (secondary N) is 1. The molecule has 0 spiro atoms. The van der Waals surface area contributed by atoms with E-state index in [9.17, 15) is 9.59 Å². The van der Waals surface area contributed by atoms with E-state index in [2.05, 4.69) is 10.3 Å². The lowest BCUT2D eigenvalue weighted by Gasteiger charge is -2.36. The lowest BCUT2D eigenvalue weighted by molar-refractivity contribution is -0.132. The van der Waals surface area contributed by atoms with Crippen molar-refractivity contribution in [2.45, 2.75) is 39.8 Å². The molecule has 0 saturated heterocycles. The van der Waals surface area contributed by atoms with E-state index in [1.807, 2.05) is 0 Å². The summed E-state index contributed by atoms with van der Waals surface area (Å²) in [6.45, 7) is 7.33. The second-order valence-corrected chi connectivity index (χ2v) is 6.40. The van der Waals surface area contributed by atoms with Crippen molar-refractivity contribution in [3.8, 4) is 0 Å². The zero-order chi connectivity index (χ0) is 14.8. The molecule has 4 N–H and O–H groups in total. The van der Waals surface area contributed by atoms with Crippen LogP contribution in [0.1, 0.15) is 43.2 Å². The molecule has 0 atom stereocenters. The van der Waals surface area contributed by atoms with Crippen LogP contribution in [0.15, 0.2) is 5.38 Å². The van der Waals surface area contributed by atoms with Gasteiger partial charge >= 0.3 is 5.97 Å². The van der Waals surface area contributed by atoms with Gasteiger partial charge < -0.3 is 16.2 Å². The molecule has 0 aromatic carbocycles. The van der Waals surface area contributed by atoms with Gasteiger partial charge in [-0.3, -0.25) is 4.79 Å². The number of hydrogen-bond acceptors (Lipinski definition) is 5. The van der Waals surface area contributed by atoms with Crippen molar-refractivity contribution in [3.63, 3.8) is 0 Å². The van der Waals surface area contributed by atoms with E-state index in [4.69, 9.17) is 10.8 Å². The first-order chi connectivity index (χ1) is 8.55. The van der Waals surface area contributed by atoms with Crippen LogP contribution in [0.3, 0.4) is 0 Å². The predicted molar refractivity (Wildman–Crippen MR) is 73.0 cm³/mol. The number of thiazole rings is 1. The number of carbonyl (C=O) groups excluding carboxylic acids is 1. The number of aromatic carboxylic acids is 1. The first kappa shape index (κ1) is 15.6. The molecular formula is C12H19N3O3S. The van der Waals surface area contributed by atoms with E-state index < -0.39 is 16.9 Å². The Kier molecular flexibility index (Phi) is 4.32. The first-order valence-electron chi connectivity index (χ1n) is 5.80. The summed E-state index contributed by atoms with van der Waals surface area (Å²) in [6, 6.07) is 0. The number of nitrogens with zero attached hydrogens (tertiary/aromatic N) is 1. The van der Waals surface area contributed by atoms with Crippen LogP contribution in [0, 0.1) is 5.41 Å². The highest BCUT2D eigenvalue weighted by Crippen LogP contribution is 2.28. The Balaban J connectivity index is 2.66. The van der Waals surface area contributed by atoms with Gasteiger partial charge in [0.15, 0.2) is 5.69 Å². The monoisotopic (exact) mass is 285 g/mol. The Labute approximate surface area is 116 Å². The topological polar surface area (TPSA) is 105 Å². The molecule has 0 unspecified atom stereocenters. The summed E-state index contributed by atoms with van der Waals surface area (Å²) >= 11 is 1.20. The fourth-order valence-corrected chi connectivity index (χ4v) is 1.87. The molecular weight excluding hydrogens is 266 g/mol. The van der Waals surface area contributed by atoms with Crippen molar-refractivity contribution in [2.24, 2.45) is 11.1 Å². The third-order valence-corrected chi connectivity index (χ3v) is 4.20. The Hall–Kier alpha value is -1.47. The molecule has 0 bridgehead atoms. The summed E-state index contributed by atoms with van der Waals surface area (Å²) in [5.41, 5.74) is 4.57. The number of carboxylic acids is 1. The number of nitrogens with two attached hydrogens (primary N) is 1. The quantitative estimate of drug-likeness (QED) is 0.754. The third kappa shape index (κ3) is 3.51. The van der Waals surface area contributed by atoms with E-state index in [1.165, 1.54) is 16.7 Å². The lowest BCUT2D eigenvalue weighted by Crippen LogP contribution is -2.55. The molecule has 0 aliphatic carbocycles. The summed E-state index contributed by atoms with van der Waals surface area (Å²) in [6.07, 6.45) is 0. The molecule has 1 rings (SSSR count). The second-order valence-electron chi connectivity index (χ2n) is 5.46. The van der Waals surface area contributed by atoms with E-state index in [0.717, 1.165) is 0 Å². The van der Waals surface area contributed by atoms with Crippen LogP contribution in [0.5, 0.6) is 0 Å². The minimum atomic E-state index is -1.07. The van der Waals surface area contributed by atoms with Crippen molar-refractivity contribution in [1.29, 1.82) is 0 Å². The molecule has 6 nitrogen and oxygen atoms in total. The predicted octanol–water partition coefficient (Wildman–Crippen LogP) is 1.22. The van der Waals surface area contributed by atoms with E-state index in [0.29, 0.717) is 5.01 Å². The molecule has 1 amide bonds. The minimum Gasteiger partial charge on any atom is -0.476 e. The maximum atomic E-state index is 12.1. The number of amides is 1. The molecule has 0 fully saturated rings. The number of hydrogen-bond donors (Lipinski definition) is 3. The minimum absolute atomic E-state index is 0.00679. The second kappa shape index (κ2) is 5.26. The smallest absolute Gasteiger partial charge is 0.355 e. The van der Waals surface area contributed by atoms with E-state index >= 15 is 0 Å². The van der Waals surface area contributed by atoms with E-state index in [-0.39, 0.29) is 18.1 Å². The van der Waals surface area contributed by atoms with Crippen molar-refractivity contribution >= 4 is 23.2 Å². The van der Waals surface area contributed by atoms with E-state index in [1.54, 1.807) is 27.7 Å². The van der Waals surface area contributed by atoms with Gasteiger partial charge in [-0.1, -0.05) is 0 Å². The summed E-state index contributed by atoms with van der Waals surface area (Å²) < 4.78 is 0. The van der Waals surface area contributed by atoms with Crippen LogP contribution >= 0.6 is 11.3 Å². The molecule has 7 heteroatoms. The van der Waals surface area contributed by atoms with Crippen molar-refractivity contribution in [2.75, 3.05) is 0 Å². The lowest BCUT2D eigenvalue weighted by atomic mass is 9.74. The Morgan fingerprint density at radius 3 is 2.42 bits per heavy atom. The molecule has 19 heavy (non-hydrogen) atoms. The number of carboxylic acid groups (broad SMARTS) is 1. The molecule has 1 aromatic rings. The number of carbonyl (C=O) groups is 2. The van der Waals surface area contributed by atoms with Gasteiger partial charge in [0.1, 0.15) is 5.01 Å². The Morgan fingerprint density at radius 2 is 2.00 bits per heavy atom. The molecule has 0 saturated carbocycles. The maximum absolute atomic E-state index is 12.1. The van der Waals surface area contributed by atoms with Gasteiger partial charge in [-0.25, -0.2) is 9.78 Å². The molecule has 1 aromatic heterocycles. The average Bonchev–Trinajstić information content (AvgIpc) is 2.72. The standard InChI is InChI=1S/C12H19N3O3S/c1-11(2,12(3,4)13)10(18)14-5-8-15-7(6-19-8)9(16)17/h6H,5,13H2,1-4H3,(H,14,18)(H,16,17). The van der Waals surface area contributed by atoms with Crippen LogP contribution in [0.4, 0.5) is 0 Å². The average molecular weight is 285 g/mol. The molecule has 0 radical (unpaired) electrons. The van der Waals surface area contributed by atoms with Crippen molar-refractivity contribution in [3.05, 3.63) is 16.1 Å². The Bertz CT molecular complexity index is 489. The van der Waals surface area contributed by atoms with Crippen LogP contribution < -0.4 is 11.1 Å². The van der Waals surface area contributed by atoms with Crippen LogP contribution in [-0.2, 0) is 11.3 Å². The van der Waals surface area contributed by atoms with Crippen LogP contribution in [-0.4, -0.2) is 27.5 Å². The van der Waals surface area contributed by atoms with Crippen LogP contribution in [0.25, 0.3) is 0 Å². The summed E-state index contributed by atoms with van der Waals surface area (Å²) in [5, 5.41) is 13.5. The van der Waals surface area contributed by atoms with Gasteiger partial charge in [-0.05, 0) is 27.7 Å². The highest BCUT2D eigenvalue weighted by molar-refractivity contribution is 7.09. The fraction of sp³-hybridized carbons (Fsp3) is 0.583. The number of rotatable bonds is 5. The zero-order valence-electron chi connectivity index (χ0n) is 11.5. The summed E-state index contributed by atoms with van der Waals surface area (Å²) in [5.74, 6) is -1.26. The number of aromatic nitrogens is 1. The molecule has 0 aliphatic heterocycles. The normalized spacial score (nSPS) is 12.3. The summed E-state index contributed by atoms with van der Waals surface area (Å²) in [7, 11) is 0. The Morgan fingerprint density at radius 1 is 1.42 bits per heavy atom. The maximum Gasteiger partial charge on any atom is 0.355 e. The first-order valence-corrected chi connectivity index (χ1v) is 6.68. The molecule has 1 heterocycles. The highest BCUT2D eigenvalue weighted by atomic mass is 32.1. The van der Waals surface area contributed by atoms with Crippen molar-refractivity contribution in [1.82, 2.24) is 10.3 Å². The van der Waals surface area contributed by atoms with Crippen molar-refractivity contribution < 1.29 is 14.7 Å². The van der Waals surface area contributed by atoms with Gasteiger partial charge in [0.25, 0.3) is 0 Å². The fourth-order valence-electron chi connectivity index (χ4n) is 1.16. The van der Waals surface area contributed by atoms with Gasteiger partial charge in [-0.15, -0.1) is 11.3 Å². The molecule has 106 valence electrons. The zero-order valence-corrected chi connectivity index (χ0v) is 12.3. The van der Waals surface area contributed by atoms with Gasteiger partial charge in [0.05, 0.1) is 12.0 Å². The summed E-state index contributed by atoms with van der Waals surface area (Å²) in [4.78, 5) is 26.7. The molecule has 0 aliphatic rings. The largest absolute Gasteiger partial charge is 0.476 e.